The molecule has 0 aliphatic heterocycles. The third-order valence-electron chi connectivity index (χ3n) is 3.84. The molecule has 1 aromatic rings. The highest BCUT2D eigenvalue weighted by Crippen LogP contribution is 2.28. The standard InChI is InChI=1S/C15H24BrN3/c1-15(2,3)14-17-12(16)10-13(18-14)19(4)11-8-6-5-7-9-11/h10-11H,5-9H2,1-4H3. The van der Waals surface area contributed by atoms with Crippen molar-refractivity contribution >= 4 is 21.7 Å². The van der Waals surface area contributed by atoms with Crippen molar-refractivity contribution in [3.63, 3.8) is 0 Å². The van der Waals surface area contributed by atoms with Crippen LogP contribution in [0.3, 0.4) is 0 Å². The Labute approximate surface area is 125 Å². The summed E-state index contributed by atoms with van der Waals surface area (Å²) in [5.41, 5.74) is -0.0219. The monoisotopic (exact) mass is 325 g/mol. The zero-order chi connectivity index (χ0) is 14.0. The first-order chi connectivity index (χ1) is 8.88. The van der Waals surface area contributed by atoms with Gasteiger partial charge in [0, 0.05) is 24.6 Å². The number of rotatable bonds is 2. The van der Waals surface area contributed by atoms with Gasteiger partial charge in [-0.1, -0.05) is 40.0 Å². The van der Waals surface area contributed by atoms with Gasteiger partial charge in [0.15, 0.2) is 0 Å². The van der Waals surface area contributed by atoms with Crippen LogP contribution in [0, 0.1) is 0 Å². The van der Waals surface area contributed by atoms with Crippen molar-refractivity contribution in [2.45, 2.75) is 64.3 Å². The van der Waals surface area contributed by atoms with Crippen LogP contribution in [0.4, 0.5) is 5.82 Å². The molecule has 1 aliphatic carbocycles. The summed E-state index contributed by atoms with van der Waals surface area (Å²) in [6, 6.07) is 2.66. The van der Waals surface area contributed by atoms with Crippen molar-refractivity contribution in [3.05, 3.63) is 16.5 Å². The fourth-order valence-electron chi connectivity index (χ4n) is 2.58. The summed E-state index contributed by atoms with van der Waals surface area (Å²) in [5, 5.41) is 0. The Kier molecular flexibility index (Phi) is 4.49. The fourth-order valence-corrected chi connectivity index (χ4v) is 2.95. The van der Waals surface area contributed by atoms with Gasteiger partial charge in [0.2, 0.25) is 0 Å². The van der Waals surface area contributed by atoms with Crippen LogP contribution >= 0.6 is 15.9 Å². The van der Waals surface area contributed by atoms with Crippen LogP contribution in [0.2, 0.25) is 0 Å². The molecule has 1 heterocycles. The summed E-state index contributed by atoms with van der Waals surface area (Å²) in [5.74, 6) is 1.94. The van der Waals surface area contributed by atoms with Gasteiger partial charge in [0.25, 0.3) is 0 Å². The molecule has 1 saturated carbocycles. The van der Waals surface area contributed by atoms with Crippen molar-refractivity contribution in [2.75, 3.05) is 11.9 Å². The highest BCUT2D eigenvalue weighted by molar-refractivity contribution is 9.10. The number of hydrogen-bond donors (Lipinski definition) is 0. The van der Waals surface area contributed by atoms with E-state index in [-0.39, 0.29) is 5.41 Å². The van der Waals surface area contributed by atoms with E-state index < -0.39 is 0 Å². The molecule has 0 unspecified atom stereocenters. The summed E-state index contributed by atoms with van der Waals surface area (Å²) in [6.45, 7) is 6.46. The van der Waals surface area contributed by atoms with Crippen LogP contribution < -0.4 is 4.90 Å². The molecule has 0 amide bonds. The lowest BCUT2D eigenvalue weighted by Gasteiger charge is -2.32. The Bertz CT molecular complexity index is 434. The lowest BCUT2D eigenvalue weighted by Crippen LogP contribution is -2.34. The average Bonchev–Trinajstić information content (AvgIpc) is 2.37. The van der Waals surface area contributed by atoms with Crippen molar-refractivity contribution < 1.29 is 0 Å². The second-order valence-electron chi connectivity index (χ2n) is 6.53. The molecular formula is C15H24BrN3. The summed E-state index contributed by atoms with van der Waals surface area (Å²) in [4.78, 5) is 11.6. The molecule has 0 spiro atoms. The molecule has 2 rings (SSSR count). The van der Waals surface area contributed by atoms with E-state index in [0.29, 0.717) is 6.04 Å². The van der Waals surface area contributed by atoms with E-state index in [2.05, 4.69) is 53.6 Å². The Hall–Kier alpha value is -0.640. The normalized spacial score (nSPS) is 17.5. The van der Waals surface area contributed by atoms with Crippen LogP contribution in [0.15, 0.2) is 10.7 Å². The minimum atomic E-state index is -0.0219. The Balaban J connectivity index is 2.26. The maximum Gasteiger partial charge on any atom is 0.137 e. The van der Waals surface area contributed by atoms with Gasteiger partial charge in [-0.15, -0.1) is 0 Å². The van der Waals surface area contributed by atoms with Gasteiger partial charge in [-0.25, -0.2) is 9.97 Å². The fraction of sp³-hybridized carbons (Fsp3) is 0.733. The average molecular weight is 326 g/mol. The topological polar surface area (TPSA) is 29.0 Å². The number of hydrogen-bond acceptors (Lipinski definition) is 3. The first kappa shape index (κ1) is 14.8. The molecule has 106 valence electrons. The maximum absolute atomic E-state index is 4.76. The molecule has 19 heavy (non-hydrogen) atoms. The summed E-state index contributed by atoms with van der Waals surface area (Å²) in [7, 11) is 2.16. The van der Waals surface area contributed by atoms with E-state index in [9.17, 15) is 0 Å². The van der Waals surface area contributed by atoms with Crippen LogP contribution in [0.25, 0.3) is 0 Å². The van der Waals surface area contributed by atoms with Gasteiger partial charge in [-0.3, -0.25) is 0 Å². The molecular weight excluding hydrogens is 302 g/mol. The number of nitrogens with zero attached hydrogens (tertiary/aromatic N) is 3. The van der Waals surface area contributed by atoms with E-state index in [4.69, 9.17) is 4.98 Å². The molecule has 0 N–H and O–H groups in total. The summed E-state index contributed by atoms with van der Waals surface area (Å²) < 4.78 is 0.880. The third kappa shape index (κ3) is 3.68. The van der Waals surface area contributed by atoms with Gasteiger partial charge in [-0.2, -0.15) is 0 Å². The van der Waals surface area contributed by atoms with Crippen molar-refractivity contribution in [1.82, 2.24) is 9.97 Å². The highest BCUT2D eigenvalue weighted by atomic mass is 79.9. The Morgan fingerprint density at radius 2 is 1.79 bits per heavy atom. The smallest absolute Gasteiger partial charge is 0.137 e. The first-order valence-electron chi connectivity index (χ1n) is 7.16. The minimum Gasteiger partial charge on any atom is -0.357 e. The largest absolute Gasteiger partial charge is 0.357 e. The number of halogens is 1. The van der Waals surface area contributed by atoms with Gasteiger partial charge >= 0.3 is 0 Å². The Morgan fingerprint density at radius 1 is 1.16 bits per heavy atom. The van der Waals surface area contributed by atoms with Gasteiger partial charge in [0.1, 0.15) is 16.2 Å². The highest BCUT2D eigenvalue weighted by Gasteiger charge is 2.23. The predicted octanol–water partition coefficient (Wildman–Crippen LogP) is 4.31. The summed E-state index contributed by atoms with van der Waals surface area (Å²) in [6.07, 6.45) is 6.62. The van der Waals surface area contributed by atoms with Crippen LogP contribution in [0.5, 0.6) is 0 Å². The van der Waals surface area contributed by atoms with Crippen molar-refractivity contribution in [1.29, 1.82) is 0 Å². The minimum absolute atomic E-state index is 0.0219. The Morgan fingerprint density at radius 3 is 2.37 bits per heavy atom. The lowest BCUT2D eigenvalue weighted by molar-refractivity contribution is 0.424. The summed E-state index contributed by atoms with van der Waals surface area (Å²) >= 11 is 3.52. The molecule has 0 bridgehead atoms. The quantitative estimate of drug-likeness (QED) is 0.759. The van der Waals surface area contributed by atoms with Gasteiger partial charge in [0.05, 0.1) is 0 Å². The second-order valence-corrected chi connectivity index (χ2v) is 7.34. The van der Waals surface area contributed by atoms with Crippen molar-refractivity contribution in [3.8, 4) is 0 Å². The molecule has 1 aromatic heterocycles. The molecule has 3 nitrogen and oxygen atoms in total. The zero-order valence-corrected chi connectivity index (χ0v) is 14.0. The zero-order valence-electron chi connectivity index (χ0n) is 12.4. The molecule has 0 aromatic carbocycles. The van der Waals surface area contributed by atoms with Gasteiger partial charge < -0.3 is 4.90 Å². The lowest BCUT2D eigenvalue weighted by atomic mass is 9.94. The van der Waals surface area contributed by atoms with Crippen LogP contribution in [-0.2, 0) is 5.41 Å². The van der Waals surface area contributed by atoms with E-state index >= 15 is 0 Å². The molecule has 1 aliphatic rings. The van der Waals surface area contributed by atoms with E-state index in [1.807, 2.05) is 6.07 Å². The first-order valence-corrected chi connectivity index (χ1v) is 7.95. The second kappa shape index (κ2) is 5.78. The van der Waals surface area contributed by atoms with Crippen LogP contribution in [0.1, 0.15) is 58.7 Å². The van der Waals surface area contributed by atoms with Crippen molar-refractivity contribution in [2.24, 2.45) is 0 Å². The molecule has 0 atom stereocenters. The molecule has 1 fully saturated rings. The van der Waals surface area contributed by atoms with E-state index in [1.165, 1.54) is 32.1 Å². The predicted molar refractivity (Wildman–Crippen MR) is 83.7 cm³/mol. The van der Waals surface area contributed by atoms with Gasteiger partial charge in [-0.05, 0) is 28.8 Å². The maximum atomic E-state index is 4.76. The van der Waals surface area contributed by atoms with E-state index in [1.54, 1.807) is 0 Å². The number of anilines is 1. The van der Waals surface area contributed by atoms with E-state index in [0.717, 1.165) is 16.2 Å². The molecule has 4 heteroatoms. The third-order valence-corrected chi connectivity index (χ3v) is 4.24. The van der Waals surface area contributed by atoms with Crippen LogP contribution in [-0.4, -0.2) is 23.1 Å². The molecule has 0 saturated heterocycles. The number of aromatic nitrogens is 2. The SMILES string of the molecule is CN(c1cc(Br)nc(C(C)(C)C)n1)C1CCCCC1. The molecule has 0 radical (unpaired) electrons.